The average molecular weight is 228 g/mol. The maximum Gasteiger partial charge on any atom is 0.339 e. The Hall–Kier alpha value is -2.36. The molecular formula is C13H12N2O2. The van der Waals surface area contributed by atoms with Crippen molar-refractivity contribution in [3.63, 3.8) is 0 Å². The van der Waals surface area contributed by atoms with Gasteiger partial charge < -0.3 is 10.8 Å². The first-order chi connectivity index (χ1) is 8.16. The molecule has 4 nitrogen and oxygen atoms in total. The lowest BCUT2D eigenvalue weighted by Crippen LogP contribution is -2.06. The van der Waals surface area contributed by atoms with Gasteiger partial charge in [-0.05, 0) is 17.7 Å². The van der Waals surface area contributed by atoms with E-state index >= 15 is 0 Å². The smallest absolute Gasteiger partial charge is 0.339 e. The summed E-state index contributed by atoms with van der Waals surface area (Å²) in [5, 5.41) is 8.83. The van der Waals surface area contributed by atoms with Crippen molar-refractivity contribution in [3.8, 4) is 0 Å². The van der Waals surface area contributed by atoms with E-state index in [4.69, 9.17) is 10.8 Å². The lowest BCUT2D eigenvalue weighted by atomic mass is 10.1. The lowest BCUT2D eigenvalue weighted by Gasteiger charge is -2.04. The summed E-state index contributed by atoms with van der Waals surface area (Å²) in [6.07, 6.45) is 0.644. The Morgan fingerprint density at radius 3 is 2.47 bits per heavy atom. The number of carboxylic acids is 1. The van der Waals surface area contributed by atoms with Gasteiger partial charge in [0, 0.05) is 12.1 Å². The highest BCUT2D eigenvalue weighted by molar-refractivity contribution is 5.92. The van der Waals surface area contributed by atoms with Crippen molar-refractivity contribution in [3.05, 3.63) is 59.3 Å². The fourth-order valence-corrected chi connectivity index (χ4v) is 1.60. The van der Waals surface area contributed by atoms with E-state index in [0.29, 0.717) is 6.42 Å². The molecule has 2 rings (SSSR count). The normalized spacial score (nSPS) is 10.1. The third kappa shape index (κ3) is 2.60. The third-order valence-electron chi connectivity index (χ3n) is 2.44. The monoisotopic (exact) mass is 228 g/mol. The number of carbonyl (C=O) groups is 1. The van der Waals surface area contributed by atoms with Crippen LogP contribution in [0.1, 0.15) is 21.6 Å². The van der Waals surface area contributed by atoms with Gasteiger partial charge in [0.25, 0.3) is 0 Å². The van der Waals surface area contributed by atoms with Crippen LogP contribution in [-0.4, -0.2) is 16.1 Å². The van der Waals surface area contributed by atoms with Crippen LogP contribution in [0.4, 0.5) is 5.82 Å². The molecule has 17 heavy (non-hydrogen) atoms. The van der Waals surface area contributed by atoms with Crippen LogP contribution in [0.25, 0.3) is 0 Å². The van der Waals surface area contributed by atoms with Crippen molar-refractivity contribution in [1.82, 2.24) is 4.98 Å². The Labute approximate surface area is 98.7 Å². The number of nitrogen functional groups attached to an aromatic ring is 1. The molecule has 0 aliphatic rings. The summed E-state index contributed by atoms with van der Waals surface area (Å²) in [5.74, 6) is -0.993. The molecule has 0 saturated heterocycles. The highest BCUT2D eigenvalue weighted by atomic mass is 16.4. The molecule has 1 aromatic heterocycles. The van der Waals surface area contributed by atoms with E-state index in [1.165, 1.54) is 6.07 Å². The van der Waals surface area contributed by atoms with Crippen LogP contribution >= 0.6 is 0 Å². The molecule has 0 atom stereocenters. The summed E-state index contributed by atoms with van der Waals surface area (Å²) in [7, 11) is 0. The predicted molar refractivity (Wildman–Crippen MR) is 64.9 cm³/mol. The van der Waals surface area contributed by atoms with Gasteiger partial charge in [0.1, 0.15) is 11.4 Å². The Morgan fingerprint density at radius 1 is 1.18 bits per heavy atom. The van der Waals surface area contributed by atoms with Gasteiger partial charge in [-0.1, -0.05) is 30.3 Å². The Kier molecular flexibility index (Phi) is 3.05. The number of benzene rings is 1. The van der Waals surface area contributed by atoms with E-state index in [1.807, 2.05) is 30.3 Å². The first-order valence-corrected chi connectivity index (χ1v) is 5.19. The highest BCUT2D eigenvalue weighted by Gasteiger charge is 2.09. The predicted octanol–water partition coefficient (Wildman–Crippen LogP) is 1.95. The highest BCUT2D eigenvalue weighted by Crippen LogP contribution is 2.13. The zero-order valence-corrected chi connectivity index (χ0v) is 9.13. The molecule has 3 N–H and O–H groups in total. The average Bonchev–Trinajstić information content (AvgIpc) is 2.30. The molecule has 1 heterocycles. The standard InChI is InChI=1S/C13H12N2O2/c14-12-11(13(16)17)7-6-10(15-12)8-9-4-2-1-3-5-9/h1-7H,8H2,(H2,14,15)(H,16,17). The Balaban J connectivity index is 2.24. The molecule has 0 unspecified atom stereocenters. The minimum atomic E-state index is -1.05. The molecular weight excluding hydrogens is 216 g/mol. The van der Waals surface area contributed by atoms with Crippen molar-refractivity contribution in [1.29, 1.82) is 0 Å². The van der Waals surface area contributed by atoms with E-state index in [0.717, 1.165) is 11.3 Å². The maximum atomic E-state index is 10.8. The zero-order chi connectivity index (χ0) is 12.3. The number of hydrogen-bond donors (Lipinski definition) is 2. The number of hydrogen-bond acceptors (Lipinski definition) is 3. The summed E-state index contributed by atoms with van der Waals surface area (Å²) >= 11 is 0. The van der Waals surface area contributed by atoms with E-state index in [1.54, 1.807) is 6.07 Å². The molecule has 4 heteroatoms. The van der Waals surface area contributed by atoms with Crippen molar-refractivity contribution < 1.29 is 9.90 Å². The Bertz CT molecular complexity index is 538. The van der Waals surface area contributed by atoms with E-state index in [-0.39, 0.29) is 11.4 Å². The van der Waals surface area contributed by atoms with E-state index < -0.39 is 5.97 Å². The third-order valence-corrected chi connectivity index (χ3v) is 2.44. The SMILES string of the molecule is Nc1nc(Cc2ccccc2)ccc1C(=O)O. The summed E-state index contributed by atoms with van der Waals surface area (Å²) in [5.41, 5.74) is 7.50. The number of anilines is 1. The van der Waals surface area contributed by atoms with E-state index in [2.05, 4.69) is 4.98 Å². The van der Waals surface area contributed by atoms with Gasteiger partial charge in [-0.15, -0.1) is 0 Å². The first-order valence-electron chi connectivity index (χ1n) is 5.19. The molecule has 0 bridgehead atoms. The van der Waals surface area contributed by atoms with Gasteiger partial charge in [-0.3, -0.25) is 0 Å². The van der Waals surface area contributed by atoms with Crippen molar-refractivity contribution in [2.45, 2.75) is 6.42 Å². The van der Waals surface area contributed by atoms with Gasteiger partial charge >= 0.3 is 5.97 Å². The number of nitrogens with two attached hydrogens (primary N) is 1. The van der Waals surface area contributed by atoms with Gasteiger partial charge in [-0.25, -0.2) is 9.78 Å². The van der Waals surface area contributed by atoms with Crippen LogP contribution in [0.2, 0.25) is 0 Å². The molecule has 0 radical (unpaired) electrons. The summed E-state index contributed by atoms with van der Waals surface area (Å²) in [4.78, 5) is 14.9. The van der Waals surface area contributed by atoms with Crippen LogP contribution in [0, 0.1) is 0 Å². The molecule has 0 fully saturated rings. The van der Waals surface area contributed by atoms with Gasteiger partial charge in [0.2, 0.25) is 0 Å². The number of carboxylic acid groups (broad SMARTS) is 1. The second kappa shape index (κ2) is 4.65. The van der Waals surface area contributed by atoms with Crippen molar-refractivity contribution >= 4 is 11.8 Å². The Morgan fingerprint density at radius 2 is 1.88 bits per heavy atom. The summed E-state index contributed by atoms with van der Waals surface area (Å²) < 4.78 is 0. The molecule has 0 saturated carbocycles. The number of pyridine rings is 1. The topological polar surface area (TPSA) is 76.2 Å². The minimum absolute atomic E-state index is 0.0433. The molecule has 1 aromatic carbocycles. The van der Waals surface area contributed by atoms with Gasteiger partial charge in [0.15, 0.2) is 0 Å². The minimum Gasteiger partial charge on any atom is -0.478 e. The van der Waals surface area contributed by atoms with E-state index in [9.17, 15) is 4.79 Å². The lowest BCUT2D eigenvalue weighted by molar-refractivity contribution is 0.0697. The van der Waals surface area contributed by atoms with Gasteiger partial charge in [-0.2, -0.15) is 0 Å². The largest absolute Gasteiger partial charge is 0.478 e. The zero-order valence-electron chi connectivity index (χ0n) is 9.13. The maximum absolute atomic E-state index is 10.8. The second-order valence-electron chi connectivity index (χ2n) is 3.70. The first kappa shape index (κ1) is 11.1. The molecule has 0 aliphatic carbocycles. The van der Waals surface area contributed by atoms with Crippen LogP contribution in [0.3, 0.4) is 0 Å². The number of rotatable bonds is 3. The van der Waals surface area contributed by atoms with Gasteiger partial charge in [0.05, 0.1) is 0 Å². The van der Waals surface area contributed by atoms with Crippen LogP contribution < -0.4 is 5.73 Å². The van der Waals surface area contributed by atoms with Crippen molar-refractivity contribution in [2.24, 2.45) is 0 Å². The fourth-order valence-electron chi connectivity index (χ4n) is 1.60. The summed E-state index contributed by atoms with van der Waals surface area (Å²) in [6, 6.07) is 13.0. The number of aromatic nitrogens is 1. The molecule has 2 aromatic rings. The van der Waals surface area contributed by atoms with Crippen LogP contribution in [0.5, 0.6) is 0 Å². The number of aromatic carboxylic acids is 1. The quantitative estimate of drug-likeness (QED) is 0.841. The fraction of sp³-hybridized carbons (Fsp3) is 0.0769. The molecule has 0 spiro atoms. The molecule has 0 aliphatic heterocycles. The van der Waals surface area contributed by atoms with Crippen molar-refractivity contribution in [2.75, 3.05) is 5.73 Å². The molecule has 0 amide bonds. The summed E-state index contributed by atoms with van der Waals surface area (Å²) in [6.45, 7) is 0. The van der Waals surface area contributed by atoms with Crippen LogP contribution in [-0.2, 0) is 6.42 Å². The number of nitrogens with zero attached hydrogens (tertiary/aromatic N) is 1. The molecule has 86 valence electrons. The van der Waals surface area contributed by atoms with Crippen LogP contribution in [0.15, 0.2) is 42.5 Å². The second-order valence-corrected chi connectivity index (χ2v) is 3.70.